The van der Waals surface area contributed by atoms with Gasteiger partial charge in [-0.15, -0.1) is 0 Å². The minimum absolute atomic E-state index is 0.160. The van der Waals surface area contributed by atoms with Crippen LogP contribution in [-0.4, -0.2) is 16.3 Å². The fourth-order valence-electron chi connectivity index (χ4n) is 1.34. The highest BCUT2D eigenvalue weighted by atomic mass is 79.9. The number of nitrogens with two attached hydrogens (primary N) is 1. The number of halogens is 2. The number of nitrogens with zero attached hydrogens (tertiary/aromatic N) is 2. The molecule has 80 valence electrons. The molecule has 0 saturated heterocycles. The number of hydrogen-bond acceptors (Lipinski definition) is 2. The van der Waals surface area contributed by atoms with Gasteiger partial charge in [0, 0.05) is 6.04 Å². The molecule has 1 heterocycles. The van der Waals surface area contributed by atoms with E-state index in [1.165, 1.54) is 0 Å². The maximum Gasteiger partial charge on any atom is 0.144 e. The van der Waals surface area contributed by atoms with E-state index in [4.69, 9.17) is 5.73 Å². The largest absolute Gasteiger partial charge is 0.330 e. The van der Waals surface area contributed by atoms with Gasteiger partial charge in [-0.25, -0.2) is 4.39 Å². The monoisotopic (exact) mass is 263 g/mol. The van der Waals surface area contributed by atoms with Crippen molar-refractivity contribution in [2.75, 3.05) is 6.54 Å². The summed E-state index contributed by atoms with van der Waals surface area (Å²) in [6, 6.07) is 0.160. The molecule has 1 aromatic heterocycles. The summed E-state index contributed by atoms with van der Waals surface area (Å²) in [6.07, 6.45) is 0.911. The molecule has 1 aromatic rings. The van der Waals surface area contributed by atoms with Crippen molar-refractivity contribution in [3.63, 3.8) is 0 Å². The SMILES string of the molecule is CC(C)n1ncc(Br)c1C(F)CCN. The Morgan fingerprint density at radius 3 is 2.79 bits per heavy atom. The van der Waals surface area contributed by atoms with Gasteiger partial charge in [-0.05, 0) is 42.7 Å². The lowest BCUT2D eigenvalue weighted by molar-refractivity contribution is 0.298. The van der Waals surface area contributed by atoms with Crippen molar-refractivity contribution in [1.29, 1.82) is 0 Å². The van der Waals surface area contributed by atoms with Gasteiger partial charge in [-0.1, -0.05) is 0 Å². The van der Waals surface area contributed by atoms with E-state index in [1.807, 2.05) is 13.8 Å². The highest BCUT2D eigenvalue weighted by Crippen LogP contribution is 2.29. The normalized spacial score (nSPS) is 13.6. The van der Waals surface area contributed by atoms with Gasteiger partial charge in [0.1, 0.15) is 6.17 Å². The van der Waals surface area contributed by atoms with E-state index >= 15 is 0 Å². The first-order valence-electron chi connectivity index (χ1n) is 4.65. The molecule has 2 N–H and O–H groups in total. The Kier molecular flexibility index (Phi) is 4.07. The van der Waals surface area contributed by atoms with E-state index in [-0.39, 0.29) is 6.04 Å². The third-order valence-corrected chi connectivity index (χ3v) is 2.60. The third kappa shape index (κ3) is 2.33. The molecule has 0 aliphatic heterocycles. The molecule has 0 spiro atoms. The molecule has 0 aliphatic carbocycles. The Morgan fingerprint density at radius 2 is 2.29 bits per heavy atom. The van der Waals surface area contributed by atoms with Crippen LogP contribution in [0.3, 0.4) is 0 Å². The molecule has 5 heteroatoms. The summed E-state index contributed by atoms with van der Waals surface area (Å²) in [4.78, 5) is 0. The molecule has 1 rings (SSSR count). The van der Waals surface area contributed by atoms with Crippen LogP contribution in [0.1, 0.15) is 38.2 Å². The molecule has 3 nitrogen and oxygen atoms in total. The summed E-state index contributed by atoms with van der Waals surface area (Å²) in [7, 11) is 0. The van der Waals surface area contributed by atoms with Gasteiger partial charge in [0.2, 0.25) is 0 Å². The van der Waals surface area contributed by atoms with Crippen LogP contribution in [0.2, 0.25) is 0 Å². The predicted octanol–water partition coefficient (Wildman–Crippen LogP) is 2.59. The van der Waals surface area contributed by atoms with Crippen molar-refractivity contribution in [2.45, 2.75) is 32.5 Å². The van der Waals surface area contributed by atoms with Crippen molar-refractivity contribution < 1.29 is 4.39 Å². The maximum absolute atomic E-state index is 13.7. The lowest BCUT2D eigenvalue weighted by atomic mass is 10.2. The van der Waals surface area contributed by atoms with Crippen LogP contribution in [0.4, 0.5) is 4.39 Å². The zero-order valence-corrected chi connectivity index (χ0v) is 9.96. The summed E-state index contributed by atoms with van der Waals surface area (Å²) in [5, 5.41) is 4.11. The van der Waals surface area contributed by atoms with Crippen LogP contribution in [0.5, 0.6) is 0 Å². The van der Waals surface area contributed by atoms with Gasteiger partial charge in [-0.2, -0.15) is 5.10 Å². The van der Waals surface area contributed by atoms with E-state index < -0.39 is 6.17 Å². The van der Waals surface area contributed by atoms with Crippen molar-refractivity contribution in [3.05, 3.63) is 16.4 Å². The first-order chi connectivity index (χ1) is 6.57. The van der Waals surface area contributed by atoms with Gasteiger partial charge in [-0.3, -0.25) is 4.68 Å². The molecule has 0 bridgehead atoms. The Labute approximate surface area is 91.6 Å². The zero-order chi connectivity index (χ0) is 10.7. The number of aromatic nitrogens is 2. The first kappa shape index (κ1) is 11.7. The second-order valence-corrected chi connectivity index (χ2v) is 4.32. The average molecular weight is 264 g/mol. The number of rotatable bonds is 4. The minimum Gasteiger partial charge on any atom is -0.330 e. The molecule has 0 aliphatic rings. The molecular formula is C9H15BrFN3. The third-order valence-electron chi connectivity index (χ3n) is 1.99. The van der Waals surface area contributed by atoms with Crippen LogP contribution in [0, 0.1) is 0 Å². The smallest absolute Gasteiger partial charge is 0.144 e. The zero-order valence-electron chi connectivity index (χ0n) is 8.37. The fraction of sp³-hybridized carbons (Fsp3) is 0.667. The molecule has 1 unspecified atom stereocenters. The van der Waals surface area contributed by atoms with Crippen molar-refractivity contribution in [2.24, 2.45) is 5.73 Å². The van der Waals surface area contributed by atoms with Gasteiger partial charge in [0.25, 0.3) is 0 Å². The highest BCUT2D eigenvalue weighted by Gasteiger charge is 2.19. The lowest BCUT2D eigenvalue weighted by Gasteiger charge is -2.14. The second kappa shape index (κ2) is 4.89. The van der Waals surface area contributed by atoms with Crippen LogP contribution >= 0.6 is 15.9 Å². The summed E-state index contributed by atoms with van der Waals surface area (Å²) in [5.41, 5.74) is 5.92. The molecule has 14 heavy (non-hydrogen) atoms. The minimum atomic E-state index is -1.04. The Bertz CT molecular complexity index is 298. The summed E-state index contributed by atoms with van der Waals surface area (Å²) >= 11 is 3.29. The maximum atomic E-state index is 13.7. The number of hydrogen-bond donors (Lipinski definition) is 1. The molecule has 0 amide bonds. The average Bonchev–Trinajstić information content (AvgIpc) is 2.47. The Balaban J connectivity index is 2.98. The van der Waals surface area contributed by atoms with Crippen LogP contribution in [-0.2, 0) is 0 Å². The topological polar surface area (TPSA) is 43.8 Å². The molecule has 0 saturated carbocycles. The van der Waals surface area contributed by atoms with E-state index in [1.54, 1.807) is 10.9 Å². The van der Waals surface area contributed by atoms with Gasteiger partial charge in [0.15, 0.2) is 0 Å². The summed E-state index contributed by atoms with van der Waals surface area (Å²) < 4.78 is 16.1. The molecule has 0 radical (unpaired) electrons. The highest BCUT2D eigenvalue weighted by molar-refractivity contribution is 9.10. The Morgan fingerprint density at radius 1 is 1.64 bits per heavy atom. The summed E-state index contributed by atoms with van der Waals surface area (Å²) in [5.74, 6) is 0. The number of alkyl halides is 1. The van der Waals surface area contributed by atoms with Crippen LogP contribution < -0.4 is 5.73 Å². The lowest BCUT2D eigenvalue weighted by Crippen LogP contribution is -2.12. The van der Waals surface area contributed by atoms with Crippen LogP contribution in [0.15, 0.2) is 10.7 Å². The second-order valence-electron chi connectivity index (χ2n) is 3.46. The van der Waals surface area contributed by atoms with E-state index in [0.717, 1.165) is 0 Å². The van der Waals surface area contributed by atoms with Crippen molar-refractivity contribution in [3.8, 4) is 0 Å². The fourth-order valence-corrected chi connectivity index (χ4v) is 1.86. The quantitative estimate of drug-likeness (QED) is 0.908. The molecule has 0 fully saturated rings. The van der Waals surface area contributed by atoms with E-state index in [9.17, 15) is 4.39 Å². The van der Waals surface area contributed by atoms with Crippen LogP contribution in [0.25, 0.3) is 0 Å². The van der Waals surface area contributed by atoms with E-state index in [0.29, 0.717) is 23.1 Å². The molecule has 0 aromatic carbocycles. The Hall–Kier alpha value is -0.420. The van der Waals surface area contributed by atoms with E-state index in [2.05, 4.69) is 21.0 Å². The standard InChI is InChI=1S/C9H15BrFN3/c1-6(2)14-9(7(10)5-13-14)8(11)3-4-12/h5-6,8H,3-4,12H2,1-2H3. The van der Waals surface area contributed by atoms with Crippen molar-refractivity contribution in [1.82, 2.24) is 9.78 Å². The molecule has 1 atom stereocenters. The van der Waals surface area contributed by atoms with Gasteiger partial charge >= 0.3 is 0 Å². The van der Waals surface area contributed by atoms with Crippen molar-refractivity contribution >= 4 is 15.9 Å². The summed E-state index contributed by atoms with van der Waals surface area (Å²) in [6.45, 7) is 4.28. The predicted molar refractivity (Wildman–Crippen MR) is 57.8 cm³/mol. The first-order valence-corrected chi connectivity index (χ1v) is 5.44. The van der Waals surface area contributed by atoms with Gasteiger partial charge in [0.05, 0.1) is 16.4 Å². The molecular weight excluding hydrogens is 249 g/mol. The van der Waals surface area contributed by atoms with Gasteiger partial charge < -0.3 is 5.73 Å².